The Morgan fingerprint density at radius 1 is 1.45 bits per heavy atom. The molecule has 0 aliphatic rings. The van der Waals surface area contributed by atoms with Crippen molar-refractivity contribution in [1.82, 2.24) is 0 Å². The first-order valence-corrected chi connectivity index (χ1v) is 3.61. The Morgan fingerprint density at radius 3 is 1.91 bits per heavy atom. The minimum atomic E-state index is -0.895. The van der Waals surface area contributed by atoms with Gasteiger partial charge in [-0.3, -0.25) is 4.79 Å². The number of halogens is 1. The number of carboxylic acid groups (broad SMARTS) is 1. The van der Waals surface area contributed by atoms with Gasteiger partial charge in [0.05, 0.1) is 0 Å². The van der Waals surface area contributed by atoms with Crippen molar-refractivity contribution < 1.29 is 9.90 Å². The molecule has 0 saturated carbocycles. The topological polar surface area (TPSA) is 63.3 Å². The van der Waals surface area contributed by atoms with Crippen LogP contribution in [0.5, 0.6) is 0 Å². The van der Waals surface area contributed by atoms with Crippen LogP contribution in [0.25, 0.3) is 0 Å². The van der Waals surface area contributed by atoms with Crippen molar-refractivity contribution in [2.45, 2.75) is 32.7 Å². The zero-order valence-corrected chi connectivity index (χ0v) is 7.73. The number of nitrogens with two attached hydrogens (primary N) is 1. The van der Waals surface area contributed by atoms with Crippen LogP contribution in [0.15, 0.2) is 0 Å². The Bertz CT molecular complexity index is 115. The third kappa shape index (κ3) is 4.22. The van der Waals surface area contributed by atoms with Crippen LogP contribution in [0.2, 0.25) is 0 Å². The van der Waals surface area contributed by atoms with E-state index in [9.17, 15) is 4.79 Å². The molecule has 0 unspecified atom stereocenters. The summed E-state index contributed by atoms with van der Waals surface area (Å²) in [5.74, 6) is -0.772. The fraction of sp³-hybridized carbons (Fsp3) is 0.857. The largest absolute Gasteiger partial charge is 0.480 e. The van der Waals surface area contributed by atoms with Gasteiger partial charge in [0.1, 0.15) is 6.04 Å². The smallest absolute Gasteiger partial charge is 0.320 e. The summed E-state index contributed by atoms with van der Waals surface area (Å²) >= 11 is 0. The van der Waals surface area contributed by atoms with E-state index in [2.05, 4.69) is 0 Å². The van der Waals surface area contributed by atoms with Crippen molar-refractivity contribution in [3.05, 3.63) is 0 Å². The van der Waals surface area contributed by atoms with Crippen molar-refractivity contribution >= 4 is 18.4 Å². The van der Waals surface area contributed by atoms with Crippen LogP contribution < -0.4 is 5.73 Å². The van der Waals surface area contributed by atoms with Crippen molar-refractivity contribution in [3.63, 3.8) is 0 Å². The molecule has 0 rings (SSSR count). The van der Waals surface area contributed by atoms with E-state index in [1.165, 1.54) is 0 Å². The second kappa shape index (κ2) is 6.43. The van der Waals surface area contributed by atoms with Gasteiger partial charge in [0.25, 0.3) is 0 Å². The summed E-state index contributed by atoms with van der Waals surface area (Å²) in [5, 5.41) is 8.49. The second-order valence-corrected chi connectivity index (χ2v) is 2.44. The van der Waals surface area contributed by atoms with E-state index in [-0.39, 0.29) is 18.3 Å². The van der Waals surface area contributed by atoms with Crippen LogP contribution >= 0.6 is 12.4 Å². The van der Waals surface area contributed by atoms with Gasteiger partial charge in [0.15, 0.2) is 0 Å². The lowest BCUT2D eigenvalue weighted by Crippen LogP contribution is -2.37. The molecule has 0 spiro atoms. The third-order valence-corrected chi connectivity index (χ3v) is 1.84. The van der Waals surface area contributed by atoms with E-state index in [4.69, 9.17) is 10.8 Å². The van der Waals surface area contributed by atoms with E-state index >= 15 is 0 Å². The first-order valence-electron chi connectivity index (χ1n) is 3.61. The minimum Gasteiger partial charge on any atom is -0.480 e. The quantitative estimate of drug-likeness (QED) is 0.687. The maximum Gasteiger partial charge on any atom is 0.320 e. The first-order chi connectivity index (χ1) is 4.63. The molecule has 1 atom stereocenters. The van der Waals surface area contributed by atoms with E-state index < -0.39 is 12.0 Å². The number of aliphatic carboxylic acids is 1. The highest BCUT2D eigenvalue weighted by molar-refractivity contribution is 5.85. The third-order valence-electron chi connectivity index (χ3n) is 1.84. The van der Waals surface area contributed by atoms with E-state index in [1.54, 1.807) is 0 Å². The van der Waals surface area contributed by atoms with Crippen LogP contribution in [0.4, 0.5) is 0 Å². The van der Waals surface area contributed by atoms with Crippen molar-refractivity contribution in [1.29, 1.82) is 0 Å². The molecule has 0 amide bonds. The molecule has 0 aromatic carbocycles. The summed E-state index contributed by atoms with van der Waals surface area (Å²) < 4.78 is 0. The minimum absolute atomic E-state index is 0. The van der Waals surface area contributed by atoms with Gasteiger partial charge in [-0.1, -0.05) is 26.7 Å². The number of hydrogen-bond acceptors (Lipinski definition) is 2. The molecule has 0 aromatic heterocycles. The molecular weight excluding hydrogens is 166 g/mol. The fourth-order valence-corrected chi connectivity index (χ4v) is 0.998. The molecule has 0 fully saturated rings. The summed E-state index contributed by atoms with van der Waals surface area (Å²) in [6.07, 6.45) is 1.67. The molecule has 3 nitrogen and oxygen atoms in total. The molecule has 0 heterocycles. The molecule has 0 radical (unpaired) electrons. The van der Waals surface area contributed by atoms with Gasteiger partial charge >= 0.3 is 5.97 Å². The van der Waals surface area contributed by atoms with Gasteiger partial charge in [-0.15, -0.1) is 12.4 Å². The molecule has 68 valence electrons. The zero-order chi connectivity index (χ0) is 8.15. The summed E-state index contributed by atoms with van der Waals surface area (Å²) in [4.78, 5) is 10.3. The van der Waals surface area contributed by atoms with Crippen molar-refractivity contribution in [2.24, 2.45) is 11.7 Å². The Morgan fingerprint density at radius 2 is 1.82 bits per heavy atom. The molecule has 11 heavy (non-hydrogen) atoms. The van der Waals surface area contributed by atoms with E-state index in [1.807, 2.05) is 13.8 Å². The van der Waals surface area contributed by atoms with Crippen LogP contribution in [-0.4, -0.2) is 17.1 Å². The number of carboxylic acids is 1. The lowest BCUT2D eigenvalue weighted by atomic mass is 9.95. The zero-order valence-electron chi connectivity index (χ0n) is 6.91. The monoisotopic (exact) mass is 181 g/mol. The summed E-state index contributed by atoms with van der Waals surface area (Å²) in [5.41, 5.74) is 5.38. The van der Waals surface area contributed by atoms with Gasteiger partial charge in [-0.05, 0) is 5.92 Å². The van der Waals surface area contributed by atoms with Gasteiger partial charge in [0.2, 0.25) is 0 Å². The number of rotatable bonds is 4. The Kier molecular flexibility index (Phi) is 7.79. The molecule has 4 heteroatoms. The average molecular weight is 182 g/mol. The van der Waals surface area contributed by atoms with Crippen LogP contribution in [0, 0.1) is 5.92 Å². The second-order valence-electron chi connectivity index (χ2n) is 2.44. The van der Waals surface area contributed by atoms with Gasteiger partial charge in [-0.25, -0.2) is 0 Å². The normalized spacial score (nSPS) is 12.4. The molecule has 0 saturated heterocycles. The highest BCUT2D eigenvalue weighted by Gasteiger charge is 2.20. The highest BCUT2D eigenvalue weighted by atomic mass is 35.5. The van der Waals surface area contributed by atoms with Crippen molar-refractivity contribution in [2.75, 3.05) is 0 Å². The molecule has 0 aliphatic carbocycles. The van der Waals surface area contributed by atoms with Crippen molar-refractivity contribution in [3.8, 4) is 0 Å². The SMILES string of the molecule is CCC(CC)[C@H](N)C(=O)O.Cl. The number of hydrogen-bond donors (Lipinski definition) is 2. The predicted octanol–water partition coefficient (Wildman–Crippen LogP) is 1.26. The maximum atomic E-state index is 10.3. The van der Waals surface area contributed by atoms with Gasteiger partial charge in [0, 0.05) is 0 Å². The Balaban J connectivity index is 0. The Hall–Kier alpha value is -0.280. The molecule has 0 bridgehead atoms. The highest BCUT2D eigenvalue weighted by Crippen LogP contribution is 2.10. The average Bonchev–Trinajstić information content (AvgIpc) is 1.90. The molecular formula is C7H16ClNO2. The van der Waals surface area contributed by atoms with Crippen LogP contribution in [-0.2, 0) is 4.79 Å². The van der Waals surface area contributed by atoms with E-state index in [0.717, 1.165) is 12.8 Å². The molecule has 0 aromatic rings. The molecule has 3 N–H and O–H groups in total. The summed E-state index contributed by atoms with van der Waals surface area (Å²) in [7, 11) is 0. The van der Waals surface area contributed by atoms with E-state index in [0.29, 0.717) is 0 Å². The van der Waals surface area contributed by atoms with Crippen LogP contribution in [0.3, 0.4) is 0 Å². The van der Waals surface area contributed by atoms with Gasteiger partial charge < -0.3 is 10.8 Å². The summed E-state index contributed by atoms with van der Waals surface area (Å²) in [6, 6.07) is -0.685. The van der Waals surface area contributed by atoms with Crippen LogP contribution in [0.1, 0.15) is 26.7 Å². The lowest BCUT2D eigenvalue weighted by molar-refractivity contribution is -0.139. The maximum absolute atomic E-state index is 10.3. The standard InChI is InChI=1S/C7H15NO2.ClH/c1-3-5(4-2)6(8)7(9)10;/h5-6H,3-4,8H2,1-2H3,(H,9,10);1H/t6-;/m0./s1. The number of carbonyl (C=O) groups is 1. The predicted molar refractivity (Wildman–Crippen MR) is 46.9 cm³/mol. The van der Waals surface area contributed by atoms with Gasteiger partial charge in [-0.2, -0.15) is 0 Å². The fourth-order valence-electron chi connectivity index (χ4n) is 0.998. The molecule has 0 aliphatic heterocycles. The lowest BCUT2D eigenvalue weighted by Gasteiger charge is -2.15. The first kappa shape index (κ1) is 13.3. The Labute approximate surface area is 73.4 Å². The summed E-state index contributed by atoms with van der Waals surface area (Å²) in [6.45, 7) is 3.91.